The highest BCUT2D eigenvalue weighted by atomic mass is 32.1. The summed E-state index contributed by atoms with van der Waals surface area (Å²) in [4.78, 5) is 17.7. The van der Waals surface area contributed by atoms with Gasteiger partial charge in [0.05, 0.1) is 18.7 Å². The fraction of sp³-hybridized carbons (Fsp3) is 0.636. The molecular formula is C11H17N3O3S. The average Bonchev–Trinajstić information content (AvgIpc) is 2.91. The van der Waals surface area contributed by atoms with Crippen LogP contribution in [-0.4, -0.2) is 59.8 Å². The number of rotatable bonds is 5. The number of ether oxygens (including phenoxy) is 1. The molecule has 0 aromatic carbocycles. The van der Waals surface area contributed by atoms with Crippen LogP contribution in [0.25, 0.3) is 0 Å². The summed E-state index contributed by atoms with van der Waals surface area (Å²) in [6.45, 7) is 1.93. The molecule has 1 aromatic heterocycles. The number of aliphatic hydroxyl groups is 1. The maximum absolute atomic E-state index is 11.4. The van der Waals surface area contributed by atoms with Gasteiger partial charge < -0.3 is 15.2 Å². The third-order valence-electron chi connectivity index (χ3n) is 2.83. The summed E-state index contributed by atoms with van der Waals surface area (Å²) in [6, 6.07) is -0.229. The van der Waals surface area contributed by atoms with Crippen molar-refractivity contribution in [3.8, 4) is 0 Å². The molecule has 1 aliphatic rings. The molecule has 1 aliphatic heterocycles. The van der Waals surface area contributed by atoms with Crippen LogP contribution in [0.5, 0.6) is 0 Å². The summed E-state index contributed by atoms with van der Waals surface area (Å²) in [5.74, 6) is -0.197. The zero-order chi connectivity index (χ0) is 13.0. The molecule has 2 atom stereocenters. The molecule has 7 heteroatoms. The molecule has 1 fully saturated rings. The molecule has 100 valence electrons. The van der Waals surface area contributed by atoms with Gasteiger partial charge in [0.25, 0.3) is 0 Å². The predicted molar refractivity (Wildman–Crippen MR) is 67.2 cm³/mol. The zero-order valence-electron chi connectivity index (χ0n) is 10.2. The molecule has 2 rings (SSSR count). The minimum Gasteiger partial charge on any atom is -0.390 e. The van der Waals surface area contributed by atoms with E-state index in [1.807, 2.05) is 5.38 Å². The molecule has 0 spiro atoms. The Morgan fingerprint density at radius 3 is 3.22 bits per heavy atom. The highest BCUT2D eigenvalue weighted by molar-refractivity contribution is 7.09. The van der Waals surface area contributed by atoms with Crippen LogP contribution >= 0.6 is 11.3 Å². The number of thiazole rings is 1. The Labute approximate surface area is 110 Å². The second-order valence-corrected chi connectivity index (χ2v) is 5.27. The molecule has 6 nitrogen and oxygen atoms in total. The van der Waals surface area contributed by atoms with Crippen LogP contribution in [0.4, 0.5) is 0 Å². The maximum atomic E-state index is 11.4. The number of aromatic nitrogens is 1. The van der Waals surface area contributed by atoms with Crippen molar-refractivity contribution in [3.05, 3.63) is 16.6 Å². The topological polar surface area (TPSA) is 74.7 Å². The second kappa shape index (κ2) is 6.24. The van der Waals surface area contributed by atoms with Gasteiger partial charge in [-0.2, -0.15) is 0 Å². The van der Waals surface area contributed by atoms with Gasteiger partial charge >= 0.3 is 0 Å². The molecule has 1 aromatic rings. The second-order valence-electron chi connectivity index (χ2n) is 4.29. The lowest BCUT2D eigenvalue weighted by Gasteiger charge is -2.15. The highest BCUT2D eigenvalue weighted by Gasteiger charge is 2.32. The van der Waals surface area contributed by atoms with Gasteiger partial charge in [0.2, 0.25) is 5.91 Å². The normalized spacial score (nSPS) is 24.3. The van der Waals surface area contributed by atoms with Gasteiger partial charge in [-0.05, 0) is 0 Å². The Bertz CT molecular complexity index is 385. The summed E-state index contributed by atoms with van der Waals surface area (Å²) < 4.78 is 4.75. The van der Waals surface area contributed by atoms with E-state index in [-0.39, 0.29) is 18.6 Å². The number of carbonyl (C=O) groups excluding carboxylic acids is 1. The van der Waals surface area contributed by atoms with Crippen LogP contribution in [0, 0.1) is 0 Å². The summed E-state index contributed by atoms with van der Waals surface area (Å²) in [5.41, 5.74) is 0. The highest BCUT2D eigenvalue weighted by Crippen LogP contribution is 2.15. The van der Waals surface area contributed by atoms with E-state index < -0.39 is 6.10 Å². The average molecular weight is 271 g/mol. The van der Waals surface area contributed by atoms with Gasteiger partial charge in [0.1, 0.15) is 11.6 Å². The molecule has 1 amide bonds. The third kappa shape index (κ3) is 3.49. The van der Waals surface area contributed by atoms with Gasteiger partial charge in [-0.3, -0.25) is 9.69 Å². The predicted octanol–water partition coefficient (Wildman–Crippen LogP) is -0.549. The third-order valence-corrected chi connectivity index (χ3v) is 3.59. The standard InChI is InChI=1S/C11H17N3O3S/c1-17-7-10(16)13-8-4-14(5-9(8)15)6-11-12-2-3-18-11/h2-3,8-9,15H,4-7H2,1H3,(H,13,16)/t8-,9-/m1/s1. The number of aliphatic hydroxyl groups excluding tert-OH is 1. The Balaban J connectivity index is 1.83. The van der Waals surface area contributed by atoms with Crippen molar-refractivity contribution in [3.63, 3.8) is 0 Å². The molecular weight excluding hydrogens is 254 g/mol. The van der Waals surface area contributed by atoms with Crippen molar-refractivity contribution in [2.75, 3.05) is 26.8 Å². The van der Waals surface area contributed by atoms with Gasteiger partial charge in [0, 0.05) is 31.8 Å². The fourth-order valence-corrected chi connectivity index (χ4v) is 2.70. The van der Waals surface area contributed by atoms with Crippen molar-refractivity contribution in [2.24, 2.45) is 0 Å². The number of β-amino-alcohol motifs (C(OH)–C–C–N with tert-alkyl or cyclic N) is 1. The summed E-state index contributed by atoms with van der Waals surface area (Å²) in [6.07, 6.45) is 1.23. The smallest absolute Gasteiger partial charge is 0.246 e. The van der Waals surface area contributed by atoms with Crippen molar-refractivity contribution in [1.82, 2.24) is 15.2 Å². The van der Waals surface area contributed by atoms with E-state index in [0.29, 0.717) is 19.6 Å². The molecule has 18 heavy (non-hydrogen) atoms. The first-order valence-corrected chi connectivity index (χ1v) is 6.64. The minimum atomic E-state index is -0.536. The number of nitrogens with zero attached hydrogens (tertiary/aromatic N) is 2. The van der Waals surface area contributed by atoms with Crippen LogP contribution in [0.3, 0.4) is 0 Å². The molecule has 0 bridgehead atoms. The first-order valence-electron chi connectivity index (χ1n) is 5.76. The molecule has 0 aliphatic carbocycles. The van der Waals surface area contributed by atoms with Crippen LogP contribution in [0.15, 0.2) is 11.6 Å². The van der Waals surface area contributed by atoms with E-state index in [4.69, 9.17) is 4.74 Å². The largest absolute Gasteiger partial charge is 0.390 e. The summed E-state index contributed by atoms with van der Waals surface area (Å²) in [7, 11) is 1.47. The maximum Gasteiger partial charge on any atom is 0.246 e. The van der Waals surface area contributed by atoms with E-state index in [0.717, 1.165) is 5.01 Å². The van der Waals surface area contributed by atoms with E-state index in [1.54, 1.807) is 17.5 Å². The molecule has 0 unspecified atom stereocenters. The van der Waals surface area contributed by atoms with Gasteiger partial charge in [-0.25, -0.2) is 4.98 Å². The number of hydrogen-bond donors (Lipinski definition) is 2. The fourth-order valence-electron chi connectivity index (χ4n) is 2.04. The lowest BCUT2D eigenvalue weighted by atomic mass is 10.2. The zero-order valence-corrected chi connectivity index (χ0v) is 11.0. The minimum absolute atomic E-state index is 0.0235. The van der Waals surface area contributed by atoms with Crippen LogP contribution in [0.1, 0.15) is 5.01 Å². The summed E-state index contributed by atoms with van der Waals surface area (Å²) in [5, 5.41) is 15.6. The van der Waals surface area contributed by atoms with Crippen molar-refractivity contribution >= 4 is 17.2 Å². The van der Waals surface area contributed by atoms with Gasteiger partial charge in [-0.15, -0.1) is 11.3 Å². The Hall–Kier alpha value is -1.02. The van der Waals surface area contributed by atoms with Gasteiger partial charge in [0.15, 0.2) is 0 Å². The molecule has 1 saturated heterocycles. The van der Waals surface area contributed by atoms with E-state index in [9.17, 15) is 9.90 Å². The molecule has 0 radical (unpaired) electrons. The Morgan fingerprint density at radius 1 is 1.72 bits per heavy atom. The number of carbonyl (C=O) groups is 1. The van der Waals surface area contributed by atoms with Crippen LogP contribution in [0.2, 0.25) is 0 Å². The number of nitrogens with one attached hydrogen (secondary N) is 1. The number of likely N-dealkylation sites (tertiary alicyclic amines) is 1. The van der Waals surface area contributed by atoms with Crippen LogP contribution in [-0.2, 0) is 16.1 Å². The molecule has 2 N–H and O–H groups in total. The van der Waals surface area contributed by atoms with Crippen molar-refractivity contribution < 1.29 is 14.6 Å². The molecule has 0 saturated carbocycles. The first-order chi connectivity index (χ1) is 8.69. The van der Waals surface area contributed by atoms with Gasteiger partial charge in [-0.1, -0.05) is 0 Å². The first kappa shape index (κ1) is 13.4. The monoisotopic (exact) mass is 271 g/mol. The van der Waals surface area contributed by atoms with Crippen LogP contribution < -0.4 is 5.32 Å². The number of hydrogen-bond acceptors (Lipinski definition) is 6. The molecule has 2 heterocycles. The lowest BCUT2D eigenvalue weighted by Crippen LogP contribution is -2.44. The SMILES string of the molecule is COCC(=O)N[C@@H]1CN(Cc2nccs2)C[C@H]1O. The van der Waals surface area contributed by atoms with E-state index in [1.165, 1.54) is 7.11 Å². The quantitative estimate of drug-likeness (QED) is 0.752. The Kier molecular flexibility index (Phi) is 4.65. The van der Waals surface area contributed by atoms with Crippen molar-refractivity contribution in [2.45, 2.75) is 18.7 Å². The Morgan fingerprint density at radius 2 is 2.56 bits per heavy atom. The number of methoxy groups -OCH3 is 1. The van der Waals surface area contributed by atoms with Crippen molar-refractivity contribution in [1.29, 1.82) is 0 Å². The number of amides is 1. The lowest BCUT2D eigenvalue weighted by molar-refractivity contribution is -0.125. The van der Waals surface area contributed by atoms with E-state index >= 15 is 0 Å². The van der Waals surface area contributed by atoms with E-state index in [2.05, 4.69) is 15.2 Å². The summed E-state index contributed by atoms with van der Waals surface area (Å²) >= 11 is 1.59.